The first kappa shape index (κ1) is 14.1. The fraction of sp³-hybridized carbons (Fsp3) is 0.400. The Kier molecular flexibility index (Phi) is 3.49. The number of rotatable bonds is 3. The highest BCUT2D eigenvalue weighted by Gasteiger charge is 2.31. The molecule has 112 valence electrons. The SMILES string of the molecule is Cc1[nH]n([C@@H]2CCS(=O)(=O)C2)c(=O)c1Cc1ccccc1. The summed E-state index contributed by atoms with van der Waals surface area (Å²) in [6, 6.07) is 9.53. The van der Waals surface area contributed by atoms with Gasteiger partial charge < -0.3 is 0 Å². The number of H-pyrrole nitrogens is 1. The molecule has 2 heterocycles. The molecule has 3 rings (SSSR count). The molecule has 1 aromatic heterocycles. The predicted octanol–water partition coefficient (Wildman–Crippen LogP) is 1.44. The highest BCUT2D eigenvalue weighted by molar-refractivity contribution is 7.91. The third kappa shape index (κ3) is 2.81. The van der Waals surface area contributed by atoms with Gasteiger partial charge in [0.1, 0.15) is 0 Å². The van der Waals surface area contributed by atoms with E-state index in [-0.39, 0.29) is 23.1 Å². The second kappa shape index (κ2) is 5.18. The number of aryl methyl sites for hydroxylation is 1. The van der Waals surface area contributed by atoms with Crippen LogP contribution < -0.4 is 5.56 Å². The smallest absolute Gasteiger partial charge is 0.270 e. The first-order chi connectivity index (χ1) is 9.96. The maximum atomic E-state index is 12.5. The molecule has 2 aromatic rings. The van der Waals surface area contributed by atoms with Crippen LogP contribution in [0.1, 0.15) is 29.3 Å². The molecule has 6 heteroatoms. The Morgan fingerprint density at radius 1 is 1.29 bits per heavy atom. The molecule has 0 spiro atoms. The number of nitrogens with one attached hydrogen (secondary N) is 1. The van der Waals surface area contributed by atoms with E-state index in [9.17, 15) is 13.2 Å². The Morgan fingerprint density at radius 3 is 2.62 bits per heavy atom. The standard InChI is InChI=1S/C15H18N2O3S/c1-11-14(9-12-5-3-2-4-6-12)15(18)17(16-11)13-7-8-21(19,20)10-13/h2-6,13,16H,7-10H2,1H3/t13-/m1/s1. The van der Waals surface area contributed by atoms with Crippen molar-refractivity contribution < 1.29 is 8.42 Å². The first-order valence-corrected chi connectivity index (χ1v) is 8.83. The first-order valence-electron chi connectivity index (χ1n) is 7.00. The summed E-state index contributed by atoms with van der Waals surface area (Å²) < 4.78 is 24.7. The van der Waals surface area contributed by atoms with Crippen LogP contribution in [0.25, 0.3) is 0 Å². The number of aromatic nitrogens is 2. The molecule has 0 aliphatic carbocycles. The van der Waals surface area contributed by atoms with E-state index in [2.05, 4.69) is 5.10 Å². The van der Waals surface area contributed by atoms with Gasteiger partial charge in [-0.3, -0.25) is 9.89 Å². The highest BCUT2D eigenvalue weighted by Crippen LogP contribution is 2.22. The van der Waals surface area contributed by atoms with E-state index < -0.39 is 9.84 Å². The number of nitrogens with zero attached hydrogens (tertiary/aromatic N) is 1. The summed E-state index contributed by atoms with van der Waals surface area (Å²) in [4.78, 5) is 12.5. The van der Waals surface area contributed by atoms with Crippen LogP contribution in [0.15, 0.2) is 35.1 Å². The van der Waals surface area contributed by atoms with Crippen molar-refractivity contribution in [2.24, 2.45) is 0 Å². The molecule has 1 saturated heterocycles. The van der Waals surface area contributed by atoms with Crippen molar-refractivity contribution in [2.45, 2.75) is 25.8 Å². The van der Waals surface area contributed by atoms with Crippen LogP contribution >= 0.6 is 0 Å². The topological polar surface area (TPSA) is 71.9 Å². The summed E-state index contributed by atoms with van der Waals surface area (Å²) in [7, 11) is -3.00. The number of benzene rings is 1. The monoisotopic (exact) mass is 306 g/mol. The second-order valence-electron chi connectivity index (χ2n) is 5.61. The zero-order valence-corrected chi connectivity index (χ0v) is 12.7. The maximum Gasteiger partial charge on any atom is 0.270 e. The molecular weight excluding hydrogens is 288 g/mol. The molecule has 0 radical (unpaired) electrons. The van der Waals surface area contributed by atoms with Crippen LogP contribution in [0.2, 0.25) is 0 Å². The van der Waals surface area contributed by atoms with Gasteiger partial charge in [0.25, 0.3) is 5.56 Å². The van der Waals surface area contributed by atoms with Crippen LogP contribution in [-0.4, -0.2) is 29.7 Å². The highest BCUT2D eigenvalue weighted by atomic mass is 32.2. The molecule has 0 unspecified atom stereocenters. The lowest BCUT2D eigenvalue weighted by Crippen LogP contribution is -2.25. The third-order valence-corrected chi connectivity index (χ3v) is 5.77. The van der Waals surface area contributed by atoms with E-state index >= 15 is 0 Å². The van der Waals surface area contributed by atoms with Gasteiger partial charge in [0.05, 0.1) is 17.5 Å². The molecule has 1 aliphatic rings. The molecule has 21 heavy (non-hydrogen) atoms. The van der Waals surface area contributed by atoms with Crippen molar-refractivity contribution >= 4 is 9.84 Å². The average molecular weight is 306 g/mol. The van der Waals surface area contributed by atoms with Gasteiger partial charge in [0.2, 0.25) is 0 Å². The lowest BCUT2D eigenvalue weighted by Gasteiger charge is -2.07. The quantitative estimate of drug-likeness (QED) is 0.932. The van der Waals surface area contributed by atoms with Crippen molar-refractivity contribution in [2.75, 3.05) is 11.5 Å². The fourth-order valence-corrected chi connectivity index (χ4v) is 4.55. The zero-order chi connectivity index (χ0) is 15.0. The Hall–Kier alpha value is -1.82. The van der Waals surface area contributed by atoms with Gasteiger partial charge in [0, 0.05) is 17.7 Å². The molecule has 1 atom stereocenters. The van der Waals surface area contributed by atoms with Crippen LogP contribution in [0.3, 0.4) is 0 Å². The Labute approximate surface area is 123 Å². The molecule has 5 nitrogen and oxygen atoms in total. The van der Waals surface area contributed by atoms with Gasteiger partial charge in [0.15, 0.2) is 9.84 Å². The zero-order valence-electron chi connectivity index (χ0n) is 11.9. The van der Waals surface area contributed by atoms with E-state index in [0.717, 1.165) is 11.3 Å². The summed E-state index contributed by atoms with van der Waals surface area (Å²) in [6.45, 7) is 1.86. The molecule has 1 aromatic carbocycles. The molecule has 1 fully saturated rings. The van der Waals surface area contributed by atoms with Crippen LogP contribution in [0, 0.1) is 6.92 Å². The lowest BCUT2D eigenvalue weighted by molar-refractivity contribution is 0.483. The summed E-state index contributed by atoms with van der Waals surface area (Å²) in [5.41, 5.74) is 2.50. The molecule has 0 amide bonds. The van der Waals surface area contributed by atoms with E-state index in [4.69, 9.17) is 0 Å². The van der Waals surface area contributed by atoms with Crippen LogP contribution in [0.5, 0.6) is 0 Å². The van der Waals surface area contributed by atoms with E-state index in [1.165, 1.54) is 4.68 Å². The lowest BCUT2D eigenvalue weighted by atomic mass is 10.1. The molecule has 1 aliphatic heterocycles. The number of sulfone groups is 1. The summed E-state index contributed by atoms with van der Waals surface area (Å²) in [6.07, 6.45) is 1.07. The summed E-state index contributed by atoms with van der Waals surface area (Å²) in [5, 5.41) is 3.05. The second-order valence-corrected chi connectivity index (χ2v) is 7.84. The molecule has 1 N–H and O–H groups in total. The number of aromatic amines is 1. The largest absolute Gasteiger partial charge is 0.299 e. The number of hydrogen-bond acceptors (Lipinski definition) is 3. The summed E-state index contributed by atoms with van der Waals surface area (Å²) >= 11 is 0. The Bertz CT molecular complexity index is 803. The van der Waals surface area contributed by atoms with E-state index in [1.54, 1.807) is 0 Å². The maximum absolute atomic E-state index is 12.5. The van der Waals surface area contributed by atoms with Crippen LogP contribution in [0.4, 0.5) is 0 Å². The fourth-order valence-electron chi connectivity index (χ4n) is 2.85. The van der Waals surface area contributed by atoms with Gasteiger partial charge in [-0.05, 0) is 18.9 Å². The van der Waals surface area contributed by atoms with Gasteiger partial charge in [-0.25, -0.2) is 13.1 Å². The van der Waals surface area contributed by atoms with Crippen molar-refractivity contribution in [1.29, 1.82) is 0 Å². The minimum atomic E-state index is -3.00. The van der Waals surface area contributed by atoms with Gasteiger partial charge in [-0.1, -0.05) is 30.3 Å². The minimum absolute atomic E-state index is 0.0532. The minimum Gasteiger partial charge on any atom is -0.299 e. The number of hydrogen-bond donors (Lipinski definition) is 1. The normalized spacial score (nSPS) is 20.7. The van der Waals surface area contributed by atoms with Crippen molar-refractivity contribution in [1.82, 2.24) is 9.78 Å². The van der Waals surface area contributed by atoms with E-state index in [1.807, 2.05) is 37.3 Å². The van der Waals surface area contributed by atoms with Gasteiger partial charge in [-0.15, -0.1) is 0 Å². The van der Waals surface area contributed by atoms with E-state index in [0.29, 0.717) is 18.4 Å². The Morgan fingerprint density at radius 2 is 2.00 bits per heavy atom. The van der Waals surface area contributed by atoms with Crippen LogP contribution in [-0.2, 0) is 16.3 Å². The van der Waals surface area contributed by atoms with Crippen molar-refractivity contribution in [3.8, 4) is 0 Å². The molecule has 0 bridgehead atoms. The third-order valence-electron chi connectivity index (χ3n) is 4.02. The van der Waals surface area contributed by atoms with Crippen molar-refractivity contribution in [3.63, 3.8) is 0 Å². The predicted molar refractivity (Wildman–Crippen MR) is 81.3 cm³/mol. The molecular formula is C15H18N2O3S. The van der Waals surface area contributed by atoms with Gasteiger partial charge in [-0.2, -0.15) is 0 Å². The van der Waals surface area contributed by atoms with Crippen molar-refractivity contribution in [3.05, 3.63) is 57.5 Å². The average Bonchev–Trinajstić information content (AvgIpc) is 2.94. The molecule has 0 saturated carbocycles. The Balaban J connectivity index is 1.92. The summed E-state index contributed by atoms with van der Waals surface area (Å²) in [5.74, 6) is 0.216. The van der Waals surface area contributed by atoms with Gasteiger partial charge >= 0.3 is 0 Å².